The molecule has 1 saturated carbocycles. The smallest absolute Gasteiger partial charge is 0.373 e. The van der Waals surface area contributed by atoms with Gasteiger partial charge in [-0.25, -0.2) is 8.42 Å². The van der Waals surface area contributed by atoms with Gasteiger partial charge < -0.3 is 4.55 Å². The predicted octanol–water partition coefficient (Wildman–Crippen LogP) is 1.21. The molecule has 0 aliphatic heterocycles. The molecule has 90 valence electrons. The molecule has 15 heavy (non-hydrogen) atoms. The predicted molar refractivity (Wildman–Crippen MR) is 32.9 cm³/mol. The SMILES string of the molecule is O=S(=O)([O-])C1CC(F)(F)C(F)(F)C1(F)F. The zero-order chi connectivity index (χ0) is 12.3. The van der Waals surface area contributed by atoms with Gasteiger partial charge in [0.25, 0.3) is 0 Å². The Morgan fingerprint density at radius 2 is 1.47 bits per heavy atom. The maximum Gasteiger partial charge on any atom is 0.373 e. The number of hydrogen-bond donors (Lipinski definition) is 0. The van der Waals surface area contributed by atoms with E-state index in [1.165, 1.54) is 0 Å². The Balaban J connectivity index is 3.33. The average molecular weight is 257 g/mol. The molecule has 0 aromatic rings. The summed E-state index contributed by atoms with van der Waals surface area (Å²) in [7, 11) is -5.91. The van der Waals surface area contributed by atoms with Crippen LogP contribution < -0.4 is 0 Å². The van der Waals surface area contributed by atoms with E-state index in [1.807, 2.05) is 0 Å². The minimum Gasteiger partial charge on any atom is -0.748 e. The highest BCUT2D eigenvalue weighted by Gasteiger charge is 2.81. The topological polar surface area (TPSA) is 57.2 Å². The quantitative estimate of drug-likeness (QED) is 0.524. The molecule has 0 N–H and O–H groups in total. The zero-order valence-electron chi connectivity index (χ0n) is 6.69. The summed E-state index contributed by atoms with van der Waals surface area (Å²) in [6, 6.07) is 0. The van der Waals surface area contributed by atoms with E-state index in [4.69, 9.17) is 0 Å². The molecule has 0 saturated heterocycles. The Bertz CT molecular complexity index is 374. The van der Waals surface area contributed by atoms with E-state index in [2.05, 4.69) is 0 Å². The van der Waals surface area contributed by atoms with Crippen LogP contribution in [0.1, 0.15) is 6.42 Å². The molecule has 1 unspecified atom stereocenters. The zero-order valence-corrected chi connectivity index (χ0v) is 7.50. The molecule has 0 amide bonds. The van der Waals surface area contributed by atoms with Crippen molar-refractivity contribution in [3.05, 3.63) is 0 Å². The maximum atomic E-state index is 12.6. The van der Waals surface area contributed by atoms with Gasteiger partial charge >= 0.3 is 17.8 Å². The van der Waals surface area contributed by atoms with E-state index in [9.17, 15) is 39.3 Å². The van der Waals surface area contributed by atoms with Crippen LogP contribution in [0.25, 0.3) is 0 Å². The molecule has 10 heteroatoms. The van der Waals surface area contributed by atoms with Gasteiger partial charge in [0.2, 0.25) is 0 Å². The van der Waals surface area contributed by atoms with Crippen molar-refractivity contribution in [2.24, 2.45) is 0 Å². The monoisotopic (exact) mass is 257 g/mol. The maximum absolute atomic E-state index is 12.6. The lowest BCUT2D eigenvalue weighted by molar-refractivity contribution is -0.270. The second kappa shape index (κ2) is 2.78. The molecule has 1 atom stereocenters. The summed E-state index contributed by atoms with van der Waals surface area (Å²) in [6.45, 7) is 0. The molecule has 0 aromatic heterocycles. The van der Waals surface area contributed by atoms with Gasteiger partial charge in [-0.05, 0) is 0 Å². The third-order valence-corrected chi connectivity index (χ3v) is 3.23. The number of halogens is 6. The summed E-state index contributed by atoms with van der Waals surface area (Å²) in [5, 5.41) is -3.60. The standard InChI is InChI=1S/C5H4F6O3S/c6-3(7)1-2(15(12,13)14)4(8,9)5(3,10)11/h2H,1H2,(H,12,13,14)/p-1. The summed E-state index contributed by atoms with van der Waals surface area (Å²) in [5.74, 6) is -16.6. The van der Waals surface area contributed by atoms with Gasteiger partial charge in [0, 0.05) is 6.42 Å². The second-order valence-corrected chi connectivity index (χ2v) is 4.64. The van der Waals surface area contributed by atoms with Crippen LogP contribution in [0.5, 0.6) is 0 Å². The highest BCUT2D eigenvalue weighted by molar-refractivity contribution is 7.86. The summed E-state index contributed by atoms with van der Waals surface area (Å²) >= 11 is 0. The second-order valence-electron chi connectivity index (χ2n) is 3.09. The van der Waals surface area contributed by atoms with Gasteiger partial charge in [-0.3, -0.25) is 0 Å². The number of alkyl halides is 6. The lowest BCUT2D eigenvalue weighted by Gasteiger charge is -2.25. The molecule has 1 fully saturated rings. The Morgan fingerprint density at radius 3 is 1.60 bits per heavy atom. The normalized spacial score (nSPS) is 32.9. The fourth-order valence-electron chi connectivity index (χ4n) is 1.22. The molecule has 1 aliphatic rings. The summed E-state index contributed by atoms with van der Waals surface area (Å²) in [6.07, 6.45) is -2.38. The summed E-state index contributed by atoms with van der Waals surface area (Å²) in [5.41, 5.74) is 0. The largest absolute Gasteiger partial charge is 0.748 e. The minimum absolute atomic E-state index is 2.38. The minimum atomic E-state index is -5.91. The van der Waals surface area contributed by atoms with E-state index in [0.717, 1.165) is 0 Å². The van der Waals surface area contributed by atoms with Crippen LogP contribution in [0.3, 0.4) is 0 Å². The van der Waals surface area contributed by atoms with E-state index in [0.29, 0.717) is 0 Å². The summed E-state index contributed by atoms with van der Waals surface area (Å²) < 4.78 is 105. The van der Waals surface area contributed by atoms with Gasteiger partial charge in [0.05, 0.1) is 0 Å². The van der Waals surface area contributed by atoms with Gasteiger partial charge in [-0.2, -0.15) is 26.3 Å². The van der Waals surface area contributed by atoms with Crippen LogP contribution in [0.2, 0.25) is 0 Å². The van der Waals surface area contributed by atoms with Crippen LogP contribution >= 0.6 is 0 Å². The van der Waals surface area contributed by atoms with Crippen LogP contribution in [0.4, 0.5) is 26.3 Å². The molecular formula is C5H3F6O3S-. The molecule has 1 aliphatic carbocycles. The van der Waals surface area contributed by atoms with E-state index in [-0.39, 0.29) is 0 Å². The van der Waals surface area contributed by atoms with Gasteiger partial charge in [-0.1, -0.05) is 0 Å². The average Bonchev–Trinajstić information content (AvgIpc) is 2.07. The lowest BCUT2D eigenvalue weighted by Crippen LogP contribution is -2.50. The molecule has 0 aromatic carbocycles. The van der Waals surface area contributed by atoms with Crippen LogP contribution in [-0.4, -0.2) is 36.0 Å². The van der Waals surface area contributed by atoms with Gasteiger partial charge in [0.1, 0.15) is 15.4 Å². The fraction of sp³-hybridized carbons (Fsp3) is 1.00. The molecule has 0 heterocycles. The highest BCUT2D eigenvalue weighted by Crippen LogP contribution is 2.57. The van der Waals surface area contributed by atoms with Crippen molar-refractivity contribution < 1.29 is 39.3 Å². The Morgan fingerprint density at radius 1 is 1.07 bits per heavy atom. The Hall–Kier alpha value is -0.510. The molecule has 1 rings (SSSR count). The van der Waals surface area contributed by atoms with Crippen LogP contribution in [-0.2, 0) is 10.1 Å². The van der Waals surface area contributed by atoms with Gasteiger partial charge in [-0.15, -0.1) is 0 Å². The van der Waals surface area contributed by atoms with Crippen molar-refractivity contribution >= 4 is 10.1 Å². The van der Waals surface area contributed by atoms with Crippen molar-refractivity contribution in [2.75, 3.05) is 0 Å². The van der Waals surface area contributed by atoms with E-state index >= 15 is 0 Å². The van der Waals surface area contributed by atoms with Crippen molar-refractivity contribution in [1.29, 1.82) is 0 Å². The molecular weight excluding hydrogens is 254 g/mol. The van der Waals surface area contributed by atoms with Crippen LogP contribution in [0.15, 0.2) is 0 Å². The first-order chi connectivity index (χ1) is 6.34. The van der Waals surface area contributed by atoms with Gasteiger partial charge in [0.15, 0.2) is 0 Å². The fourth-order valence-corrected chi connectivity index (χ4v) is 2.14. The Kier molecular flexibility index (Phi) is 2.33. The first-order valence-corrected chi connectivity index (χ1v) is 4.89. The van der Waals surface area contributed by atoms with Crippen molar-refractivity contribution in [2.45, 2.75) is 29.4 Å². The molecule has 0 radical (unpaired) electrons. The van der Waals surface area contributed by atoms with Crippen molar-refractivity contribution in [3.63, 3.8) is 0 Å². The van der Waals surface area contributed by atoms with Crippen molar-refractivity contribution in [1.82, 2.24) is 0 Å². The molecule has 0 spiro atoms. The molecule has 3 nitrogen and oxygen atoms in total. The first-order valence-electron chi connectivity index (χ1n) is 3.42. The van der Waals surface area contributed by atoms with E-state index in [1.54, 1.807) is 0 Å². The Labute approximate surface area is 79.8 Å². The number of hydrogen-bond acceptors (Lipinski definition) is 3. The first kappa shape index (κ1) is 12.6. The highest BCUT2D eigenvalue weighted by atomic mass is 32.2. The number of rotatable bonds is 1. The molecule has 0 bridgehead atoms. The third-order valence-electron chi connectivity index (χ3n) is 2.07. The lowest BCUT2D eigenvalue weighted by atomic mass is 10.2. The third kappa shape index (κ3) is 1.50. The van der Waals surface area contributed by atoms with Crippen LogP contribution in [0, 0.1) is 0 Å². The van der Waals surface area contributed by atoms with Crippen molar-refractivity contribution in [3.8, 4) is 0 Å². The summed E-state index contributed by atoms with van der Waals surface area (Å²) in [4.78, 5) is 0. The van der Waals surface area contributed by atoms with E-state index < -0.39 is 39.6 Å².